The minimum absolute atomic E-state index is 0.00487. The highest BCUT2D eigenvalue weighted by Crippen LogP contribution is 2.64. The van der Waals surface area contributed by atoms with Crippen LogP contribution in [0.5, 0.6) is 0 Å². The van der Waals surface area contributed by atoms with Gasteiger partial charge in [0.25, 0.3) is 0 Å². The third-order valence-corrected chi connectivity index (χ3v) is 13.5. The zero-order chi connectivity index (χ0) is 23.3. The molecule has 2 saturated carbocycles. The standard InChI is InChI=1S/C27H34NO3PS/c1-26(2)21-15-16-27(26,25(29)18-21)20-33(30,31)28-17-9-10-22(28)19-32(23-11-5-3-6-12-23)24-13-7-4-8-14-24/h3-8,11-14,21-22H,9-10,15-20H2,1-2H3/t21-,22-,27-/m0/s1. The molecule has 3 atom stereocenters. The minimum Gasteiger partial charge on any atom is -0.299 e. The minimum atomic E-state index is -3.53. The Labute approximate surface area is 199 Å². The lowest BCUT2D eigenvalue weighted by Gasteiger charge is -2.38. The normalized spacial score (nSPS) is 29.2. The smallest absolute Gasteiger partial charge is 0.215 e. The van der Waals surface area contributed by atoms with E-state index < -0.39 is 23.4 Å². The molecule has 0 spiro atoms. The molecule has 176 valence electrons. The van der Waals surface area contributed by atoms with Crippen molar-refractivity contribution in [2.75, 3.05) is 18.5 Å². The van der Waals surface area contributed by atoms with Crippen LogP contribution >= 0.6 is 7.92 Å². The maximum Gasteiger partial charge on any atom is 0.215 e. The van der Waals surface area contributed by atoms with Crippen molar-refractivity contribution in [1.82, 2.24) is 4.31 Å². The number of hydrogen-bond donors (Lipinski definition) is 0. The number of hydrogen-bond acceptors (Lipinski definition) is 3. The Morgan fingerprint density at radius 2 is 1.58 bits per heavy atom. The van der Waals surface area contributed by atoms with E-state index in [1.807, 2.05) is 12.1 Å². The topological polar surface area (TPSA) is 54.5 Å². The number of ketones is 1. The maximum atomic E-state index is 13.9. The second-order valence-electron chi connectivity index (χ2n) is 10.6. The van der Waals surface area contributed by atoms with Crippen LogP contribution in [0.2, 0.25) is 0 Å². The molecule has 2 aromatic carbocycles. The molecule has 1 aliphatic heterocycles. The first-order valence-electron chi connectivity index (χ1n) is 12.2. The Morgan fingerprint density at radius 1 is 0.970 bits per heavy atom. The molecule has 0 unspecified atom stereocenters. The zero-order valence-corrected chi connectivity index (χ0v) is 21.3. The molecule has 2 aliphatic carbocycles. The summed E-state index contributed by atoms with van der Waals surface area (Å²) in [5.74, 6) is 0.505. The van der Waals surface area contributed by atoms with Crippen LogP contribution in [-0.2, 0) is 14.8 Å². The van der Waals surface area contributed by atoms with E-state index in [2.05, 4.69) is 62.4 Å². The lowest BCUT2D eigenvalue weighted by atomic mass is 9.70. The van der Waals surface area contributed by atoms with Gasteiger partial charge in [0, 0.05) is 24.4 Å². The number of benzene rings is 2. The van der Waals surface area contributed by atoms with Crippen LogP contribution in [0.3, 0.4) is 0 Å². The summed E-state index contributed by atoms with van der Waals surface area (Å²) in [6, 6.07) is 21.0. The fourth-order valence-corrected chi connectivity index (χ4v) is 11.8. The Balaban J connectivity index is 1.42. The highest BCUT2D eigenvalue weighted by atomic mass is 32.2. The number of sulfonamides is 1. The lowest BCUT2D eigenvalue weighted by molar-refractivity contribution is -0.128. The van der Waals surface area contributed by atoms with Gasteiger partial charge in [-0.2, -0.15) is 4.31 Å². The van der Waals surface area contributed by atoms with Gasteiger partial charge in [0.05, 0.1) is 5.75 Å². The predicted molar refractivity (Wildman–Crippen MR) is 136 cm³/mol. The van der Waals surface area contributed by atoms with E-state index in [0.29, 0.717) is 18.9 Å². The second kappa shape index (κ2) is 8.59. The number of rotatable bonds is 7. The van der Waals surface area contributed by atoms with Gasteiger partial charge >= 0.3 is 0 Å². The molecule has 3 aliphatic rings. The van der Waals surface area contributed by atoms with E-state index in [9.17, 15) is 13.2 Å². The molecule has 2 aromatic rings. The summed E-state index contributed by atoms with van der Waals surface area (Å²) >= 11 is 0. The van der Waals surface area contributed by atoms with E-state index in [4.69, 9.17) is 0 Å². The molecule has 0 radical (unpaired) electrons. The predicted octanol–water partition coefficient (Wildman–Crippen LogP) is 4.31. The van der Waals surface area contributed by atoms with E-state index in [1.165, 1.54) is 10.6 Å². The van der Waals surface area contributed by atoms with Gasteiger partial charge in [0.1, 0.15) is 5.78 Å². The van der Waals surface area contributed by atoms with Crippen LogP contribution in [0.4, 0.5) is 0 Å². The third kappa shape index (κ3) is 3.90. The summed E-state index contributed by atoms with van der Waals surface area (Å²) in [5.41, 5.74) is -0.930. The quantitative estimate of drug-likeness (QED) is 0.552. The van der Waals surface area contributed by atoms with Gasteiger partial charge in [-0.15, -0.1) is 0 Å². The SMILES string of the molecule is CC1(C)[C@H]2CC[C@]1(CS(=O)(=O)N1CCC[C@H]1CP(c1ccccc1)c1ccccc1)C(=O)C2. The van der Waals surface area contributed by atoms with Gasteiger partial charge in [-0.1, -0.05) is 74.5 Å². The van der Waals surface area contributed by atoms with Crippen molar-refractivity contribution in [1.29, 1.82) is 0 Å². The molecule has 6 heteroatoms. The number of fused-ring (bicyclic) bond motifs is 2. The van der Waals surface area contributed by atoms with Crippen molar-refractivity contribution in [2.45, 2.75) is 52.0 Å². The van der Waals surface area contributed by atoms with E-state index in [0.717, 1.165) is 31.8 Å². The molecule has 1 saturated heterocycles. The first kappa shape index (κ1) is 23.2. The second-order valence-corrected chi connectivity index (χ2v) is 14.8. The molecule has 1 heterocycles. The van der Waals surface area contributed by atoms with Crippen molar-refractivity contribution in [3.05, 3.63) is 60.7 Å². The van der Waals surface area contributed by atoms with Crippen molar-refractivity contribution >= 4 is 34.3 Å². The van der Waals surface area contributed by atoms with Gasteiger partial charge in [-0.05, 0) is 61.7 Å². The van der Waals surface area contributed by atoms with Crippen molar-refractivity contribution in [3.8, 4) is 0 Å². The third-order valence-electron chi connectivity index (χ3n) is 8.78. The molecular formula is C27H34NO3PS. The average Bonchev–Trinajstić information content (AvgIpc) is 3.42. The molecule has 5 rings (SSSR count). The van der Waals surface area contributed by atoms with Crippen LogP contribution in [0.15, 0.2) is 60.7 Å². The monoisotopic (exact) mass is 483 g/mol. The van der Waals surface area contributed by atoms with Gasteiger partial charge in [-0.25, -0.2) is 8.42 Å². The molecule has 3 fully saturated rings. The number of carbonyl (C=O) groups is 1. The summed E-state index contributed by atoms with van der Waals surface area (Å²) in [6.07, 6.45) is 4.87. The average molecular weight is 484 g/mol. The lowest BCUT2D eigenvalue weighted by Crippen LogP contribution is -2.48. The molecule has 0 aromatic heterocycles. The Bertz CT molecular complexity index is 1080. The van der Waals surface area contributed by atoms with Crippen LogP contribution in [0.25, 0.3) is 0 Å². The van der Waals surface area contributed by atoms with Crippen LogP contribution < -0.4 is 10.6 Å². The van der Waals surface area contributed by atoms with Crippen molar-refractivity contribution in [2.24, 2.45) is 16.7 Å². The summed E-state index contributed by atoms with van der Waals surface area (Å²) in [5, 5.41) is 2.57. The fraction of sp³-hybridized carbons (Fsp3) is 0.519. The van der Waals surface area contributed by atoms with Gasteiger partial charge in [0.2, 0.25) is 10.0 Å². The zero-order valence-electron chi connectivity index (χ0n) is 19.6. The van der Waals surface area contributed by atoms with Crippen molar-refractivity contribution < 1.29 is 13.2 Å². The summed E-state index contributed by atoms with van der Waals surface area (Å²) < 4.78 is 29.5. The van der Waals surface area contributed by atoms with E-state index >= 15 is 0 Å². The van der Waals surface area contributed by atoms with Gasteiger partial charge in [0.15, 0.2) is 0 Å². The molecule has 2 bridgehead atoms. The van der Waals surface area contributed by atoms with Gasteiger partial charge in [-0.3, -0.25) is 4.79 Å². The Morgan fingerprint density at radius 3 is 2.09 bits per heavy atom. The first-order chi connectivity index (χ1) is 15.7. The fourth-order valence-electron chi connectivity index (χ4n) is 6.65. The Hall–Kier alpha value is -1.55. The summed E-state index contributed by atoms with van der Waals surface area (Å²) in [6.45, 7) is 4.82. The van der Waals surface area contributed by atoms with Crippen LogP contribution in [0.1, 0.15) is 46.0 Å². The number of Topliss-reactive ketones (excluding diaryl/α,β-unsaturated/α-hetero) is 1. The number of carbonyl (C=O) groups excluding carboxylic acids is 1. The first-order valence-corrected chi connectivity index (χ1v) is 15.3. The maximum absolute atomic E-state index is 13.9. The molecule has 4 nitrogen and oxygen atoms in total. The van der Waals surface area contributed by atoms with E-state index in [1.54, 1.807) is 4.31 Å². The Kier molecular flexibility index (Phi) is 6.04. The summed E-state index contributed by atoms with van der Waals surface area (Å²) in [7, 11) is -4.19. The molecule has 33 heavy (non-hydrogen) atoms. The molecule has 0 N–H and O–H groups in total. The summed E-state index contributed by atoms with van der Waals surface area (Å²) in [4.78, 5) is 13.0. The molecule has 0 amide bonds. The number of nitrogens with zero attached hydrogens (tertiary/aromatic N) is 1. The van der Waals surface area contributed by atoms with Gasteiger partial charge < -0.3 is 0 Å². The van der Waals surface area contributed by atoms with Crippen molar-refractivity contribution in [3.63, 3.8) is 0 Å². The highest BCUT2D eigenvalue weighted by Gasteiger charge is 2.65. The molecular weight excluding hydrogens is 449 g/mol. The van der Waals surface area contributed by atoms with E-state index in [-0.39, 0.29) is 23.0 Å². The largest absolute Gasteiger partial charge is 0.299 e. The highest BCUT2D eigenvalue weighted by molar-refractivity contribution is 7.89. The van der Waals surface area contributed by atoms with Crippen LogP contribution in [0, 0.1) is 16.7 Å². The van der Waals surface area contributed by atoms with Crippen LogP contribution in [-0.4, -0.2) is 43.0 Å².